The van der Waals surface area contributed by atoms with E-state index in [1.165, 1.54) is 45.2 Å². The van der Waals surface area contributed by atoms with Crippen LogP contribution >= 0.6 is 0 Å². The van der Waals surface area contributed by atoms with E-state index < -0.39 is 0 Å². The van der Waals surface area contributed by atoms with E-state index in [9.17, 15) is 0 Å². The van der Waals surface area contributed by atoms with E-state index in [2.05, 4.69) is 24.1 Å². The van der Waals surface area contributed by atoms with Gasteiger partial charge in [-0.3, -0.25) is 4.90 Å². The Labute approximate surface area is 106 Å². The van der Waals surface area contributed by atoms with Gasteiger partial charge in [0.1, 0.15) is 0 Å². The lowest BCUT2D eigenvalue weighted by Crippen LogP contribution is -2.50. The highest BCUT2D eigenvalue weighted by atomic mass is 16.5. The molecule has 2 heterocycles. The Morgan fingerprint density at radius 2 is 2.24 bits per heavy atom. The molecule has 17 heavy (non-hydrogen) atoms. The van der Waals surface area contributed by atoms with Crippen LogP contribution in [0.5, 0.6) is 0 Å². The van der Waals surface area contributed by atoms with Crippen molar-refractivity contribution >= 4 is 0 Å². The molecule has 2 rings (SSSR count). The molecule has 2 unspecified atom stereocenters. The standard InChI is InChI=1S/C14H28N2O/c1-3-14(8-6-9-15-14)12-16(4-2)11-13-7-5-10-17-13/h13,15H,3-12H2,1-2H3. The molecule has 0 radical (unpaired) electrons. The first-order chi connectivity index (χ1) is 8.28. The fraction of sp³-hybridized carbons (Fsp3) is 1.00. The van der Waals surface area contributed by atoms with E-state index in [0.717, 1.165) is 19.7 Å². The van der Waals surface area contributed by atoms with Gasteiger partial charge < -0.3 is 10.1 Å². The molecule has 3 heteroatoms. The van der Waals surface area contributed by atoms with Crippen molar-refractivity contribution in [2.45, 2.75) is 57.6 Å². The number of likely N-dealkylation sites (N-methyl/N-ethyl adjacent to an activating group) is 1. The first-order valence-corrected chi connectivity index (χ1v) is 7.37. The van der Waals surface area contributed by atoms with Crippen molar-refractivity contribution in [3.63, 3.8) is 0 Å². The molecule has 2 fully saturated rings. The highest BCUT2D eigenvalue weighted by Gasteiger charge is 2.33. The zero-order valence-corrected chi connectivity index (χ0v) is 11.5. The predicted molar refractivity (Wildman–Crippen MR) is 71.3 cm³/mol. The number of ether oxygens (including phenoxy) is 1. The van der Waals surface area contributed by atoms with Gasteiger partial charge in [0, 0.05) is 25.2 Å². The second kappa shape index (κ2) is 6.17. The number of nitrogens with one attached hydrogen (secondary N) is 1. The van der Waals surface area contributed by atoms with Crippen molar-refractivity contribution in [2.24, 2.45) is 0 Å². The second-order valence-corrected chi connectivity index (χ2v) is 5.63. The van der Waals surface area contributed by atoms with E-state index >= 15 is 0 Å². The third-order valence-electron chi connectivity index (χ3n) is 4.47. The van der Waals surface area contributed by atoms with Crippen molar-refractivity contribution in [3.8, 4) is 0 Å². The molecular weight excluding hydrogens is 212 g/mol. The van der Waals surface area contributed by atoms with Gasteiger partial charge in [-0.25, -0.2) is 0 Å². The number of rotatable bonds is 6. The van der Waals surface area contributed by atoms with E-state index in [1.54, 1.807) is 0 Å². The van der Waals surface area contributed by atoms with Gasteiger partial charge in [-0.15, -0.1) is 0 Å². The number of hydrogen-bond acceptors (Lipinski definition) is 3. The van der Waals surface area contributed by atoms with Gasteiger partial charge in [0.2, 0.25) is 0 Å². The number of hydrogen-bond donors (Lipinski definition) is 1. The molecule has 3 nitrogen and oxygen atoms in total. The van der Waals surface area contributed by atoms with Gasteiger partial charge in [-0.1, -0.05) is 13.8 Å². The average Bonchev–Trinajstić information content (AvgIpc) is 3.00. The zero-order chi connectivity index (χ0) is 12.1. The largest absolute Gasteiger partial charge is 0.377 e. The van der Waals surface area contributed by atoms with Crippen LogP contribution in [-0.2, 0) is 4.74 Å². The summed E-state index contributed by atoms with van der Waals surface area (Å²) in [4.78, 5) is 2.58. The normalized spacial score (nSPS) is 33.7. The van der Waals surface area contributed by atoms with Crippen molar-refractivity contribution in [3.05, 3.63) is 0 Å². The minimum absolute atomic E-state index is 0.384. The highest BCUT2D eigenvalue weighted by molar-refractivity contribution is 4.94. The Morgan fingerprint density at radius 3 is 2.76 bits per heavy atom. The first-order valence-electron chi connectivity index (χ1n) is 7.37. The summed E-state index contributed by atoms with van der Waals surface area (Å²) in [5.41, 5.74) is 0.384. The fourth-order valence-corrected chi connectivity index (χ4v) is 3.23. The average molecular weight is 240 g/mol. The molecule has 100 valence electrons. The van der Waals surface area contributed by atoms with Crippen LogP contribution in [0.25, 0.3) is 0 Å². The minimum atomic E-state index is 0.384. The van der Waals surface area contributed by atoms with Gasteiger partial charge in [-0.2, -0.15) is 0 Å². The Balaban J connectivity index is 1.84. The SMILES string of the molecule is CCN(CC1CCCO1)CC1(CC)CCCN1. The van der Waals surface area contributed by atoms with Crippen LogP contribution in [0.15, 0.2) is 0 Å². The van der Waals surface area contributed by atoms with Gasteiger partial charge in [-0.05, 0) is 45.2 Å². The molecule has 0 saturated carbocycles. The van der Waals surface area contributed by atoms with Crippen LogP contribution in [0.4, 0.5) is 0 Å². The van der Waals surface area contributed by atoms with E-state index in [1.807, 2.05) is 0 Å². The molecule has 0 spiro atoms. The molecule has 0 amide bonds. The van der Waals surface area contributed by atoms with Gasteiger partial charge in [0.05, 0.1) is 6.10 Å². The highest BCUT2D eigenvalue weighted by Crippen LogP contribution is 2.25. The molecular formula is C14H28N2O. The van der Waals surface area contributed by atoms with Gasteiger partial charge >= 0.3 is 0 Å². The predicted octanol–water partition coefficient (Wildman–Crippen LogP) is 2.02. The summed E-state index contributed by atoms with van der Waals surface area (Å²) >= 11 is 0. The summed E-state index contributed by atoms with van der Waals surface area (Å²) in [6.07, 6.45) is 6.92. The molecule has 0 aliphatic carbocycles. The van der Waals surface area contributed by atoms with E-state index in [-0.39, 0.29) is 0 Å². The Morgan fingerprint density at radius 1 is 1.35 bits per heavy atom. The third kappa shape index (κ3) is 3.43. The monoisotopic (exact) mass is 240 g/mol. The molecule has 2 atom stereocenters. The molecule has 0 bridgehead atoms. The fourth-order valence-electron chi connectivity index (χ4n) is 3.23. The topological polar surface area (TPSA) is 24.5 Å². The first kappa shape index (κ1) is 13.3. The van der Waals surface area contributed by atoms with Crippen molar-refractivity contribution in [1.82, 2.24) is 10.2 Å². The summed E-state index contributed by atoms with van der Waals surface area (Å²) in [6, 6.07) is 0. The molecule has 1 N–H and O–H groups in total. The lowest BCUT2D eigenvalue weighted by Gasteiger charge is -2.35. The summed E-state index contributed by atoms with van der Waals surface area (Å²) in [5.74, 6) is 0. The number of nitrogens with zero attached hydrogens (tertiary/aromatic N) is 1. The van der Waals surface area contributed by atoms with Crippen LogP contribution in [0.2, 0.25) is 0 Å². The van der Waals surface area contributed by atoms with Gasteiger partial charge in [0.25, 0.3) is 0 Å². The molecule has 0 aromatic rings. The van der Waals surface area contributed by atoms with E-state index in [0.29, 0.717) is 11.6 Å². The molecule has 2 saturated heterocycles. The maximum Gasteiger partial charge on any atom is 0.0702 e. The summed E-state index contributed by atoms with van der Waals surface area (Å²) in [7, 11) is 0. The molecule has 0 aromatic carbocycles. The Hall–Kier alpha value is -0.120. The zero-order valence-electron chi connectivity index (χ0n) is 11.5. The molecule has 2 aliphatic rings. The smallest absolute Gasteiger partial charge is 0.0702 e. The van der Waals surface area contributed by atoms with Crippen LogP contribution < -0.4 is 5.32 Å². The van der Waals surface area contributed by atoms with Crippen molar-refractivity contribution in [2.75, 3.05) is 32.8 Å². The maximum atomic E-state index is 5.75. The Bertz CT molecular complexity index is 220. The summed E-state index contributed by atoms with van der Waals surface area (Å²) < 4.78 is 5.75. The lowest BCUT2D eigenvalue weighted by molar-refractivity contribution is 0.0642. The third-order valence-corrected chi connectivity index (χ3v) is 4.47. The summed E-state index contributed by atoms with van der Waals surface area (Å²) in [6.45, 7) is 10.2. The lowest BCUT2D eigenvalue weighted by atomic mass is 9.93. The Kier molecular flexibility index (Phi) is 4.83. The van der Waals surface area contributed by atoms with Crippen molar-refractivity contribution in [1.29, 1.82) is 0 Å². The van der Waals surface area contributed by atoms with Crippen LogP contribution in [0.1, 0.15) is 46.0 Å². The molecule has 2 aliphatic heterocycles. The van der Waals surface area contributed by atoms with E-state index in [4.69, 9.17) is 4.74 Å². The van der Waals surface area contributed by atoms with Crippen LogP contribution in [0, 0.1) is 0 Å². The quantitative estimate of drug-likeness (QED) is 0.769. The minimum Gasteiger partial charge on any atom is -0.377 e. The maximum absolute atomic E-state index is 5.75. The summed E-state index contributed by atoms with van der Waals surface area (Å²) in [5, 5.41) is 3.73. The van der Waals surface area contributed by atoms with Gasteiger partial charge in [0.15, 0.2) is 0 Å². The van der Waals surface area contributed by atoms with Crippen LogP contribution in [-0.4, -0.2) is 49.3 Å². The molecule has 0 aromatic heterocycles. The van der Waals surface area contributed by atoms with Crippen LogP contribution in [0.3, 0.4) is 0 Å². The second-order valence-electron chi connectivity index (χ2n) is 5.63. The van der Waals surface area contributed by atoms with Crippen molar-refractivity contribution < 1.29 is 4.74 Å².